The maximum absolute atomic E-state index is 11.9. The molecule has 1 amide bonds. The molecule has 0 aromatic rings. The standard InChI is InChI=1S/C11H19NO3/c1-7(13)8-9(14)12-10(2,3)15-6-5-11(8,12)4/h7-8,13H,5-6H2,1-4H3/t7?,8-,11?/m1/s1. The van der Waals surface area contributed by atoms with E-state index in [9.17, 15) is 9.90 Å². The van der Waals surface area contributed by atoms with Crippen molar-refractivity contribution in [2.75, 3.05) is 6.61 Å². The Morgan fingerprint density at radius 2 is 2.13 bits per heavy atom. The van der Waals surface area contributed by atoms with Crippen LogP contribution in [-0.2, 0) is 9.53 Å². The van der Waals surface area contributed by atoms with Crippen LogP contribution in [0.25, 0.3) is 0 Å². The van der Waals surface area contributed by atoms with Crippen LogP contribution in [0, 0.1) is 5.92 Å². The molecule has 2 unspecified atom stereocenters. The molecule has 4 nitrogen and oxygen atoms in total. The van der Waals surface area contributed by atoms with Crippen LogP contribution >= 0.6 is 0 Å². The number of rotatable bonds is 1. The van der Waals surface area contributed by atoms with Gasteiger partial charge in [0.1, 0.15) is 5.72 Å². The van der Waals surface area contributed by atoms with E-state index >= 15 is 0 Å². The van der Waals surface area contributed by atoms with Crippen LogP contribution in [-0.4, -0.2) is 39.9 Å². The number of aliphatic hydroxyl groups is 1. The van der Waals surface area contributed by atoms with Gasteiger partial charge in [-0.15, -0.1) is 0 Å². The van der Waals surface area contributed by atoms with Gasteiger partial charge in [0.15, 0.2) is 0 Å². The van der Waals surface area contributed by atoms with Gasteiger partial charge >= 0.3 is 0 Å². The molecule has 0 radical (unpaired) electrons. The second-order valence-corrected chi connectivity index (χ2v) is 5.29. The summed E-state index contributed by atoms with van der Waals surface area (Å²) < 4.78 is 5.59. The molecule has 86 valence electrons. The van der Waals surface area contributed by atoms with E-state index in [-0.39, 0.29) is 17.4 Å². The van der Waals surface area contributed by atoms with Crippen LogP contribution in [0.5, 0.6) is 0 Å². The number of hydrogen-bond acceptors (Lipinski definition) is 3. The lowest BCUT2D eigenvalue weighted by atomic mass is 9.67. The number of carbonyl (C=O) groups excluding carboxylic acids is 1. The summed E-state index contributed by atoms with van der Waals surface area (Å²) in [5.74, 6) is -0.252. The molecule has 2 heterocycles. The van der Waals surface area contributed by atoms with E-state index < -0.39 is 11.8 Å². The normalized spacial score (nSPS) is 40.7. The Morgan fingerprint density at radius 3 is 2.67 bits per heavy atom. The maximum atomic E-state index is 11.9. The number of amides is 1. The SMILES string of the molecule is CC(O)[C@@H]1C(=O)N2C(C)(C)OCCC12C. The van der Waals surface area contributed by atoms with E-state index in [1.54, 1.807) is 11.8 Å². The van der Waals surface area contributed by atoms with E-state index in [0.29, 0.717) is 6.61 Å². The third-order valence-corrected chi connectivity index (χ3v) is 3.75. The minimum absolute atomic E-state index is 0.0113. The lowest BCUT2D eigenvalue weighted by Crippen LogP contribution is -2.79. The summed E-state index contributed by atoms with van der Waals surface area (Å²) in [7, 11) is 0. The summed E-state index contributed by atoms with van der Waals surface area (Å²) in [4.78, 5) is 13.7. The lowest BCUT2D eigenvalue weighted by Gasteiger charge is -2.64. The van der Waals surface area contributed by atoms with Crippen molar-refractivity contribution in [1.29, 1.82) is 0 Å². The predicted octanol–water partition coefficient (Wildman–Crippen LogP) is 0.741. The molecule has 0 spiro atoms. The molecular formula is C11H19NO3. The Kier molecular flexibility index (Phi) is 2.14. The van der Waals surface area contributed by atoms with E-state index in [1.807, 2.05) is 20.8 Å². The fourth-order valence-corrected chi connectivity index (χ4v) is 3.18. The van der Waals surface area contributed by atoms with Gasteiger partial charge in [-0.05, 0) is 34.1 Å². The van der Waals surface area contributed by atoms with Crippen LogP contribution in [0.2, 0.25) is 0 Å². The highest BCUT2D eigenvalue weighted by atomic mass is 16.5. The first-order valence-corrected chi connectivity index (χ1v) is 5.47. The summed E-state index contributed by atoms with van der Waals surface area (Å²) in [5.41, 5.74) is -0.761. The van der Waals surface area contributed by atoms with Gasteiger partial charge < -0.3 is 14.7 Å². The molecule has 2 aliphatic heterocycles. The summed E-state index contributed by atoms with van der Waals surface area (Å²) in [6, 6.07) is 0. The number of fused-ring (bicyclic) bond motifs is 1. The van der Waals surface area contributed by atoms with Crippen molar-refractivity contribution in [2.24, 2.45) is 5.92 Å². The average molecular weight is 213 g/mol. The van der Waals surface area contributed by atoms with E-state index in [0.717, 1.165) is 6.42 Å². The molecule has 4 heteroatoms. The Hall–Kier alpha value is -0.610. The van der Waals surface area contributed by atoms with E-state index in [4.69, 9.17) is 4.74 Å². The maximum Gasteiger partial charge on any atom is 0.233 e. The molecule has 2 rings (SSSR count). The topological polar surface area (TPSA) is 49.8 Å². The molecule has 0 aromatic heterocycles. The number of β-lactam (4-membered cyclic amide) rings is 1. The van der Waals surface area contributed by atoms with Crippen LogP contribution in [0.15, 0.2) is 0 Å². The molecule has 0 saturated carbocycles. The monoisotopic (exact) mass is 213 g/mol. The summed E-state index contributed by atoms with van der Waals surface area (Å²) >= 11 is 0. The van der Waals surface area contributed by atoms with Crippen LogP contribution < -0.4 is 0 Å². The zero-order valence-corrected chi connectivity index (χ0v) is 9.78. The molecule has 1 N–H and O–H groups in total. The second kappa shape index (κ2) is 2.95. The van der Waals surface area contributed by atoms with Crippen LogP contribution in [0.3, 0.4) is 0 Å². The zero-order valence-electron chi connectivity index (χ0n) is 9.78. The lowest BCUT2D eigenvalue weighted by molar-refractivity contribution is -0.268. The van der Waals surface area contributed by atoms with Crippen molar-refractivity contribution in [2.45, 2.75) is 51.5 Å². The van der Waals surface area contributed by atoms with Crippen molar-refractivity contribution < 1.29 is 14.6 Å². The molecule has 2 fully saturated rings. The Labute approximate surface area is 90.2 Å². The Bertz CT molecular complexity index is 300. The molecule has 2 aliphatic rings. The minimum atomic E-state index is -0.576. The predicted molar refractivity (Wildman–Crippen MR) is 55.1 cm³/mol. The molecule has 3 atom stereocenters. The first kappa shape index (κ1) is 10.9. The van der Waals surface area contributed by atoms with Gasteiger partial charge in [-0.3, -0.25) is 4.79 Å². The van der Waals surface area contributed by atoms with Gasteiger partial charge in [0.2, 0.25) is 5.91 Å². The first-order valence-electron chi connectivity index (χ1n) is 5.47. The van der Waals surface area contributed by atoms with Crippen molar-refractivity contribution in [3.05, 3.63) is 0 Å². The first-order chi connectivity index (χ1) is 6.81. The van der Waals surface area contributed by atoms with Crippen LogP contribution in [0.4, 0.5) is 0 Å². The number of carbonyl (C=O) groups is 1. The van der Waals surface area contributed by atoms with E-state index in [1.165, 1.54) is 0 Å². The summed E-state index contributed by atoms with van der Waals surface area (Å²) in [6.45, 7) is 8.18. The quantitative estimate of drug-likeness (QED) is 0.654. The zero-order chi connectivity index (χ0) is 11.4. The smallest absolute Gasteiger partial charge is 0.233 e. The molecular weight excluding hydrogens is 194 g/mol. The van der Waals surface area contributed by atoms with Crippen LogP contribution in [0.1, 0.15) is 34.1 Å². The molecule has 0 aliphatic carbocycles. The fraction of sp³-hybridized carbons (Fsp3) is 0.909. The highest BCUT2D eigenvalue weighted by Crippen LogP contribution is 2.49. The van der Waals surface area contributed by atoms with E-state index in [2.05, 4.69) is 0 Å². The number of nitrogens with zero attached hydrogens (tertiary/aromatic N) is 1. The third-order valence-electron chi connectivity index (χ3n) is 3.75. The van der Waals surface area contributed by atoms with Crippen molar-refractivity contribution in [3.8, 4) is 0 Å². The fourth-order valence-electron chi connectivity index (χ4n) is 3.18. The average Bonchev–Trinajstić information content (AvgIpc) is 1.98. The molecule has 0 aromatic carbocycles. The van der Waals surface area contributed by atoms with Gasteiger partial charge in [-0.2, -0.15) is 0 Å². The van der Waals surface area contributed by atoms with Crippen molar-refractivity contribution >= 4 is 5.91 Å². The third kappa shape index (κ3) is 1.24. The minimum Gasteiger partial charge on any atom is -0.392 e. The van der Waals surface area contributed by atoms with Gasteiger partial charge in [-0.1, -0.05) is 0 Å². The second-order valence-electron chi connectivity index (χ2n) is 5.29. The molecule has 15 heavy (non-hydrogen) atoms. The molecule has 0 bridgehead atoms. The summed E-state index contributed by atoms with van der Waals surface area (Å²) in [5, 5.41) is 9.63. The van der Waals surface area contributed by atoms with Gasteiger partial charge in [0.25, 0.3) is 0 Å². The highest BCUT2D eigenvalue weighted by Gasteiger charge is 2.64. The largest absolute Gasteiger partial charge is 0.392 e. The number of aliphatic hydroxyl groups excluding tert-OH is 1. The number of hydrogen-bond donors (Lipinski definition) is 1. The summed E-state index contributed by atoms with van der Waals surface area (Å²) in [6.07, 6.45) is 0.227. The van der Waals surface area contributed by atoms with Gasteiger partial charge in [0.05, 0.1) is 24.2 Å². The van der Waals surface area contributed by atoms with Gasteiger partial charge in [-0.25, -0.2) is 0 Å². The molecule has 2 saturated heterocycles. The number of ether oxygens (including phenoxy) is 1. The Morgan fingerprint density at radius 1 is 1.53 bits per heavy atom. The highest BCUT2D eigenvalue weighted by molar-refractivity contribution is 5.89. The Balaban J connectivity index is 2.31. The van der Waals surface area contributed by atoms with Gasteiger partial charge in [0, 0.05) is 0 Å². The van der Waals surface area contributed by atoms with Crippen molar-refractivity contribution in [3.63, 3.8) is 0 Å². The van der Waals surface area contributed by atoms with Crippen molar-refractivity contribution in [1.82, 2.24) is 4.90 Å².